The molecule has 1 aromatic carbocycles. The molecule has 4 nitrogen and oxygen atoms in total. The minimum atomic E-state index is 0.210. The van der Waals surface area contributed by atoms with Gasteiger partial charge in [-0.2, -0.15) is 0 Å². The molecule has 1 heterocycles. The van der Waals surface area contributed by atoms with Crippen LogP contribution >= 0.6 is 15.9 Å². The van der Waals surface area contributed by atoms with Crippen LogP contribution in [-0.4, -0.2) is 12.3 Å². The maximum atomic E-state index is 5.18. The standard InChI is InChI=1S/C13H15BrN2O2/c1-9(15-8-10-5-6-18-16-10)12-4-3-11(17-2)7-13(12)14/h3-7,9,15H,8H2,1-2H3. The molecule has 1 N–H and O–H groups in total. The van der Waals surface area contributed by atoms with Crippen LogP contribution in [0.25, 0.3) is 0 Å². The molecule has 0 saturated heterocycles. The van der Waals surface area contributed by atoms with Crippen molar-refractivity contribution in [1.82, 2.24) is 10.5 Å². The van der Waals surface area contributed by atoms with Gasteiger partial charge in [0, 0.05) is 23.1 Å². The summed E-state index contributed by atoms with van der Waals surface area (Å²) in [4.78, 5) is 0. The lowest BCUT2D eigenvalue weighted by molar-refractivity contribution is 0.405. The summed E-state index contributed by atoms with van der Waals surface area (Å²) in [6.07, 6.45) is 1.57. The van der Waals surface area contributed by atoms with Gasteiger partial charge in [-0.25, -0.2) is 0 Å². The predicted octanol–water partition coefficient (Wildman–Crippen LogP) is 3.30. The largest absolute Gasteiger partial charge is 0.497 e. The van der Waals surface area contributed by atoms with Gasteiger partial charge in [-0.05, 0) is 24.6 Å². The Morgan fingerprint density at radius 2 is 2.28 bits per heavy atom. The number of nitrogens with zero attached hydrogens (tertiary/aromatic N) is 1. The summed E-state index contributed by atoms with van der Waals surface area (Å²) in [5.41, 5.74) is 2.07. The van der Waals surface area contributed by atoms with Crippen LogP contribution in [0.4, 0.5) is 0 Å². The zero-order chi connectivity index (χ0) is 13.0. The zero-order valence-corrected chi connectivity index (χ0v) is 11.9. The van der Waals surface area contributed by atoms with E-state index < -0.39 is 0 Å². The highest BCUT2D eigenvalue weighted by atomic mass is 79.9. The van der Waals surface area contributed by atoms with Gasteiger partial charge >= 0.3 is 0 Å². The molecule has 0 radical (unpaired) electrons. The van der Waals surface area contributed by atoms with Gasteiger partial charge in [-0.1, -0.05) is 27.2 Å². The molecule has 1 atom stereocenters. The van der Waals surface area contributed by atoms with Crippen LogP contribution in [0.3, 0.4) is 0 Å². The molecular formula is C13H15BrN2O2. The summed E-state index contributed by atoms with van der Waals surface area (Å²) in [5.74, 6) is 0.842. The Morgan fingerprint density at radius 1 is 1.44 bits per heavy atom. The first-order valence-corrected chi connectivity index (χ1v) is 6.46. The zero-order valence-electron chi connectivity index (χ0n) is 10.3. The molecule has 0 fully saturated rings. The average molecular weight is 311 g/mol. The van der Waals surface area contributed by atoms with Crippen molar-refractivity contribution in [3.63, 3.8) is 0 Å². The van der Waals surface area contributed by atoms with Crippen molar-refractivity contribution in [2.45, 2.75) is 19.5 Å². The number of nitrogens with one attached hydrogen (secondary N) is 1. The fourth-order valence-electron chi connectivity index (χ4n) is 1.68. The number of benzene rings is 1. The van der Waals surface area contributed by atoms with Gasteiger partial charge in [-0.3, -0.25) is 0 Å². The predicted molar refractivity (Wildman–Crippen MR) is 72.5 cm³/mol. The maximum Gasteiger partial charge on any atom is 0.124 e. The number of rotatable bonds is 5. The third kappa shape index (κ3) is 3.11. The van der Waals surface area contributed by atoms with Gasteiger partial charge in [0.05, 0.1) is 12.8 Å². The van der Waals surface area contributed by atoms with Crippen LogP contribution in [0.1, 0.15) is 24.2 Å². The highest BCUT2D eigenvalue weighted by Gasteiger charge is 2.10. The fourth-order valence-corrected chi connectivity index (χ4v) is 2.38. The third-order valence-electron chi connectivity index (χ3n) is 2.75. The van der Waals surface area contributed by atoms with E-state index >= 15 is 0 Å². The van der Waals surface area contributed by atoms with Gasteiger partial charge in [0.2, 0.25) is 0 Å². The summed E-state index contributed by atoms with van der Waals surface area (Å²) >= 11 is 3.55. The highest BCUT2D eigenvalue weighted by Crippen LogP contribution is 2.27. The van der Waals surface area contributed by atoms with Gasteiger partial charge in [0.25, 0.3) is 0 Å². The van der Waals surface area contributed by atoms with Crippen molar-refractivity contribution < 1.29 is 9.26 Å². The molecule has 0 spiro atoms. The maximum absolute atomic E-state index is 5.18. The van der Waals surface area contributed by atoms with Gasteiger partial charge in [0.1, 0.15) is 12.0 Å². The van der Waals surface area contributed by atoms with Crippen molar-refractivity contribution in [2.75, 3.05) is 7.11 Å². The number of aromatic nitrogens is 1. The Hall–Kier alpha value is -1.33. The summed E-state index contributed by atoms with van der Waals surface area (Å²) < 4.78 is 11.0. The van der Waals surface area contributed by atoms with Crippen LogP contribution in [0, 0.1) is 0 Å². The molecule has 2 aromatic rings. The molecule has 1 unspecified atom stereocenters. The van der Waals surface area contributed by atoms with Crippen LogP contribution in [0.15, 0.2) is 39.5 Å². The number of halogens is 1. The molecule has 96 valence electrons. The summed E-state index contributed by atoms with van der Waals surface area (Å²) in [6.45, 7) is 2.78. The van der Waals surface area contributed by atoms with E-state index in [-0.39, 0.29) is 6.04 Å². The molecule has 0 bridgehead atoms. The number of methoxy groups -OCH3 is 1. The Morgan fingerprint density at radius 3 is 2.89 bits per heavy atom. The summed E-state index contributed by atoms with van der Waals surface area (Å²) in [5, 5.41) is 7.25. The fraction of sp³-hybridized carbons (Fsp3) is 0.308. The van der Waals surface area contributed by atoms with Crippen molar-refractivity contribution in [2.24, 2.45) is 0 Å². The Balaban J connectivity index is 2.02. The van der Waals surface area contributed by atoms with Crippen LogP contribution < -0.4 is 10.1 Å². The van der Waals surface area contributed by atoms with Crippen LogP contribution in [0.5, 0.6) is 5.75 Å². The smallest absolute Gasteiger partial charge is 0.124 e. The van der Waals surface area contributed by atoms with Crippen molar-refractivity contribution in [1.29, 1.82) is 0 Å². The molecular weight excluding hydrogens is 296 g/mol. The molecule has 2 rings (SSSR count). The minimum absolute atomic E-state index is 0.210. The Labute approximate surface area is 114 Å². The molecule has 1 aromatic heterocycles. The highest BCUT2D eigenvalue weighted by molar-refractivity contribution is 9.10. The van der Waals surface area contributed by atoms with Crippen LogP contribution in [0.2, 0.25) is 0 Å². The molecule has 0 amide bonds. The Kier molecular flexibility index (Phi) is 4.38. The monoisotopic (exact) mass is 310 g/mol. The van der Waals surface area contributed by atoms with E-state index in [9.17, 15) is 0 Å². The van der Waals surface area contributed by atoms with E-state index in [1.54, 1.807) is 13.4 Å². The SMILES string of the molecule is COc1ccc(C(C)NCc2ccon2)c(Br)c1. The quantitative estimate of drug-likeness (QED) is 0.920. The summed E-state index contributed by atoms with van der Waals surface area (Å²) in [6, 6.07) is 8.02. The lowest BCUT2D eigenvalue weighted by Crippen LogP contribution is -2.18. The van der Waals surface area contributed by atoms with E-state index in [2.05, 4.69) is 33.3 Å². The van der Waals surface area contributed by atoms with Crippen LogP contribution in [-0.2, 0) is 6.54 Å². The third-order valence-corrected chi connectivity index (χ3v) is 3.44. The lowest BCUT2D eigenvalue weighted by atomic mass is 10.1. The van der Waals surface area contributed by atoms with Gasteiger partial charge in [-0.15, -0.1) is 0 Å². The minimum Gasteiger partial charge on any atom is -0.497 e. The normalized spacial score (nSPS) is 12.4. The van der Waals surface area contributed by atoms with E-state index in [1.165, 1.54) is 5.56 Å². The second-order valence-corrected chi connectivity index (χ2v) is 4.84. The number of hydrogen-bond donors (Lipinski definition) is 1. The first-order valence-electron chi connectivity index (χ1n) is 5.67. The first kappa shape index (κ1) is 13.1. The van der Waals surface area contributed by atoms with Gasteiger partial charge < -0.3 is 14.6 Å². The van der Waals surface area contributed by atoms with E-state index in [1.807, 2.05) is 24.3 Å². The second kappa shape index (κ2) is 6.02. The van der Waals surface area contributed by atoms with Crippen molar-refractivity contribution in [3.05, 3.63) is 46.3 Å². The average Bonchev–Trinajstić information content (AvgIpc) is 2.88. The molecule has 0 aliphatic carbocycles. The lowest BCUT2D eigenvalue weighted by Gasteiger charge is -2.15. The van der Waals surface area contributed by atoms with E-state index in [0.29, 0.717) is 6.54 Å². The Bertz CT molecular complexity index is 500. The number of hydrogen-bond acceptors (Lipinski definition) is 4. The first-order chi connectivity index (χ1) is 8.70. The molecule has 0 aliphatic heterocycles. The van der Waals surface area contributed by atoms with E-state index in [0.717, 1.165) is 15.9 Å². The molecule has 18 heavy (non-hydrogen) atoms. The molecule has 5 heteroatoms. The van der Waals surface area contributed by atoms with Crippen molar-refractivity contribution >= 4 is 15.9 Å². The van der Waals surface area contributed by atoms with Crippen molar-refractivity contribution in [3.8, 4) is 5.75 Å². The molecule has 0 saturated carbocycles. The van der Waals surface area contributed by atoms with E-state index in [4.69, 9.17) is 9.26 Å². The molecule has 0 aliphatic rings. The number of ether oxygens (including phenoxy) is 1. The second-order valence-electron chi connectivity index (χ2n) is 3.98. The summed E-state index contributed by atoms with van der Waals surface area (Å²) in [7, 11) is 1.66. The topological polar surface area (TPSA) is 47.3 Å². The van der Waals surface area contributed by atoms with Gasteiger partial charge in [0.15, 0.2) is 0 Å².